The SMILES string of the molecule is CCCCCCNCCNc1ccc(C)c(C)c1. The summed E-state index contributed by atoms with van der Waals surface area (Å²) in [4.78, 5) is 0. The Kier molecular flexibility index (Phi) is 7.51. The van der Waals surface area contributed by atoms with Gasteiger partial charge in [0, 0.05) is 18.8 Å². The van der Waals surface area contributed by atoms with Gasteiger partial charge < -0.3 is 10.6 Å². The van der Waals surface area contributed by atoms with Gasteiger partial charge in [0.2, 0.25) is 0 Å². The summed E-state index contributed by atoms with van der Waals surface area (Å²) >= 11 is 0. The number of rotatable bonds is 9. The summed E-state index contributed by atoms with van der Waals surface area (Å²) in [5.74, 6) is 0. The third kappa shape index (κ3) is 6.06. The Bertz CT molecular complexity index is 334. The van der Waals surface area contributed by atoms with Crippen LogP contribution >= 0.6 is 0 Å². The molecular formula is C16H28N2. The number of aryl methyl sites for hydroxylation is 2. The molecule has 0 unspecified atom stereocenters. The summed E-state index contributed by atoms with van der Waals surface area (Å²) in [5.41, 5.74) is 3.94. The van der Waals surface area contributed by atoms with Crippen molar-refractivity contribution in [3.8, 4) is 0 Å². The normalized spacial score (nSPS) is 10.6. The molecule has 0 aliphatic heterocycles. The number of hydrogen-bond acceptors (Lipinski definition) is 2. The topological polar surface area (TPSA) is 24.1 Å². The van der Waals surface area contributed by atoms with Gasteiger partial charge in [-0.1, -0.05) is 32.3 Å². The molecule has 0 saturated carbocycles. The van der Waals surface area contributed by atoms with E-state index in [9.17, 15) is 0 Å². The molecule has 0 spiro atoms. The van der Waals surface area contributed by atoms with Crippen LogP contribution in [0.2, 0.25) is 0 Å². The van der Waals surface area contributed by atoms with E-state index < -0.39 is 0 Å². The van der Waals surface area contributed by atoms with Crippen LogP contribution < -0.4 is 10.6 Å². The van der Waals surface area contributed by atoms with Crippen molar-refractivity contribution in [3.05, 3.63) is 29.3 Å². The van der Waals surface area contributed by atoms with Gasteiger partial charge in [-0.05, 0) is 50.1 Å². The van der Waals surface area contributed by atoms with Gasteiger partial charge in [-0.3, -0.25) is 0 Å². The minimum Gasteiger partial charge on any atom is -0.384 e. The van der Waals surface area contributed by atoms with Gasteiger partial charge in [-0.25, -0.2) is 0 Å². The lowest BCUT2D eigenvalue weighted by atomic mass is 10.1. The first-order chi connectivity index (χ1) is 8.74. The Morgan fingerprint density at radius 3 is 2.44 bits per heavy atom. The Hall–Kier alpha value is -1.02. The third-order valence-corrected chi connectivity index (χ3v) is 3.34. The third-order valence-electron chi connectivity index (χ3n) is 3.34. The lowest BCUT2D eigenvalue weighted by Gasteiger charge is -2.09. The molecule has 2 nitrogen and oxygen atoms in total. The maximum Gasteiger partial charge on any atom is 0.0343 e. The first kappa shape index (κ1) is 15.0. The van der Waals surface area contributed by atoms with E-state index in [1.807, 2.05) is 0 Å². The molecule has 0 radical (unpaired) electrons. The molecule has 18 heavy (non-hydrogen) atoms. The summed E-state index contributed by atoms with van der Waals surface area (Å²) < 4.78 is 0. The molecule has 102 valence electrons. The zero-order valence-electron chi connectivity index (χ0n) is 12.2. The Labute approximate surface area is 112 Å². The molecule has 2 heteroatoms. The molecule has 1 rings (SSSR count). The molecule has 0 bridgehead atoms. The van der Waals surface area contributed by atoms with Crippen molar-refractivity contribution in [1.82, 2.24) is 5.32 Å². The summed E-state index contributed by atoms with van der Waals surface area (Å²) in [6.45, 7) is 9.74. The Morgan fingerprint density at radius 2 is 1.72 bits per heavy atom. The molecular weight excluding hydrogens is 220 g/mol. The Morgan fingerprint density at radius 1 is 0.889 bits per heavy atom. The smallest absolute Gasteiger partial charge is 0.0343 e. The van der Waals surface area contributed by atoms with E-state index in [1.165, 1.54) is 42.5 Å². The highest BCUT2D eigenvalue weighted by Gasteiger charge is 1.95. The highest BCUT2D eigenvalue weighted by molar-refractivity contribution is 5.47. The average Bonchev–Trinajstić information content (AvgIpc) is 2.37. The van der Waals surface area contributed by atoms with E-state index in [-0.39, 0.29) is 0 Å². The quantitative estimate of drug-likeness (QED) is 0.648. The lowest BCUT2D eigenvalue weighted by Crippen LogP contribution is -2.23. The van der Waals surface area contributed by atoms with Crippen molar-refractivity contribution in [2.75, 3.05) is 25.0 Å². The molecule has 0 aliphatic carbocycles. The number of anilines is 1. The van der Waals surface area contributed by atoms with E-state index >= 15 is 0 Å². The van der Waals surface area contributed by atoms with Gasteiger partial charge in [0.25, 0.3) is 0 Å². The maximum atomic E-state index is 3.48. The molecule has 1 aromatic rings. The highest BCUT2D eigenvalue weighted by Crippen LogP contribution is 2.13. The van der Waals surface area contributed by atoms with Crippen LogP contribution in [0.3, 0.4) is 0 Å². The van der Waals surface area contributed by atoms with Crippen molar-refractivity contribution >= 4 is 5.69 Å². The van der Waals surface area contributed by atoms with Gasteiger partial charge in [0.1, 0.15) is 0 Å². The van der Waals surface area contributed by atoms with Crippen LogP contribution in [-0.4, -0.2) is 19.6 Å². The van der Waals surface area contributed by atoms with Crippen LogP contribution in [0.15, 0.2) is 18.2 Å². The lowest BCUT2D eigenvalue weighted by molar-refractivity contribution is 0.605. The maximum absolute atomic E-state index is 3.48. The van der Waals surface area contributed by atoms with Crippen molar-refractivity contribution in [1.29, 1.82) is 0 Å². The van der Waals surface area contributed by atoms with E-state index in [4.69, 9.17) is 0 Å². The Balaban J connectivity index is 2.05. The molecule has 1 aromatic carbocycles. The largest absolute Gasteiger partial charge is 0.384 e. The van der Waals surface area contributed by atoms with Gasteiger partial charge >= 0.3 is 0 Å². The number of benzene rings is 1. The summed E-state index contributed by atoms with van der Waals surface area (Å²) in [5, 5.41) is 6.93. The summed E-state index contributed by atoms with van der Waals surface area (Å²) in [6.07, 6.45) is 5.34. The molecule has 0 aromatic heterocycles. The molecule has 2 N–H and O–H groups in total. The average molecular weight is 248 g/mol. The van der Waals surface area contributed by atoms with Gasteiger partial charge in [0.05, 0.1) is 0 Å². The first-order valence-electron chi connectivity index (χ1n) is 7.26. The monoisotopic (exact) mass is 248 g/mol. The van der Waals surface area contributed by atoms with Crippen molar-refractivity contribution in [3.63, 3.8) is 0 Å². The van der Waals surface area contributed by atoms with Gasteiger partial charge in [0.15, 0.2) is 0 Å². The second-order valence-corrected chi connectivity index (χ2v) is 5.04. The molecule has 0 atom stereocenters. The minimum atomic E-state index is 0.996. The number of hydrogen-bond donors (Lipinski definition) is 2. The van der Waals surface area contributed by atoms with Crippen LogP contribution in [0.1, 0.15) is 43.7 Å². The second-order valence-electron chi connectivity index (χ2n) is 5.04. The fourth-order valence-electron chi connectivity index (χ4n) is 1.95. The standard InChI is InChI=1S/C16H28N2/c1-4-5-6-7-10-17-11-12-18-16-9-8-14(2)15(3)13-16/h8-9,13,17-18H,4-7,10-12H2,1-3H3. The van der Waals surface area contributed by atoms with Crippen LogP contribution in [0.5, 0.6) is 0 Å². The van der Waals surface area contributed by atoms with E-state index in [0.717, 1.165) is 19.6 Å². The van der Waals surface area contributed by atoms with Crippen LogP contribution in [0, 0.1) is 13.8 Å². The zero-order valence-corrected chi connectivity index (χ0v) is 12.2. The van der Waals surface area contributed by atoms with Crippen molar-refractivity contribution in [2.45, 2.75) is 46.5 Å². The zero-order chi connectivity index (χ0) is 13.2. The number of nitrogens with one attached hydrogen (secondary N) is 2. The first-order valence-corrected chi connectivity index (χ1v) is 7.26. The second kappa shape index (κ2) is 8.98. The fraction of sp³-hybridized carbons (Fsp3) is 0.625. The van der Waals surface area contributed by atoms with Crippen LogP contribution in [0.4, 0.5) is 5.69 Å². The van der Waals surface area contributed by atoms with Gasteiger partial charge in [-0.15, -0.1) is 0 Å². The number of unbranched alkanes of at least 4 members (excludes halogenated alkanes) is 3. The van der Waals surface area contributed by atoms with E-state index in [1.54, 1.807) is 0 Å². The molecule has 0 saturated heterocycles. The van der Waals surface area contributed by atoms with Crippen molar-refractivity contribution in [2.24, 2.45) is 0 Å². The predicted octanol–water partition coefficient (Wildman–Crippen LogP) is 3.89. The molecule has 0 amide bonds. The predicted molar refractivity (Wildman–Crippen MR) is 81.4 cm³/mol. The molecule has 0 fully saturated rings. The fourth-order valence-corrected chi connectivity index (χ4v) is 1.95. The molecule has 0 heterocycles. The minimum absolute atomic E-state index is 0.996. The van der Waals surface area contributed by atoms with Crippen LogP contribution in [-0.2, 0) is 0 Å². The molecule has 0 aliphatic rings. The van der Waals surface area contributed by atoms with Crippen LogP contribution in [0.25, 0.3) is 0 Å². The van der Waals surface area contributed by atoms with E-state index in [0.29, 0.717) is 0 Å². The van der Waals surface area contributed by atoms with Gasteiger partial charge in [-0.2, -0.15) is 0 Å². The van der Waals surface area contributed by atoms with E-state index in [2.05, 4.69) is 49.6 Å². The highest BCUT2D eigenvalue weighted by atomic mass is 14.9. The summed E-state index contributed by atoms with van der Waals surface area (Å²) in [6, 6.07) is 6.55. The summed E-state index contributed by atoms with van der Waals surface area (Å²) in [7, 11) is 0. The van der Waals surface area contributed by atoms with Crippen molar-refractivity contribution < 1.29 is 0 Å².